The highest BCUT2D eigenvalue weighted by Crippen LogP contribution is 2.13. The first kappa shape index (κ1) is 31.3. The molecule has 2 rings (SSSR count). The maximum atomic E-state index is 3.48. The molecule has 0 fully saturated rings. The van der Waals surface area contributed by atoms with E-state index in [0.717, 1.165) is 33.4 Å². The second-order valence-electron chi connectivity index (χ2n) is 13.8. The Labute approximate surface area is 237 Å². The first-order valence-electron chi connectivity index (χ1n) is 13.2. The lowest BCUT2D eigenvalue weighted by Crippen LogP contribution is -2.16. The first-order valence-corrected chi connectivity index (χ1v) is 27.2. The van der Waals surface area contributed by atoms with Crippen molar-refractivity contribution in [3.05, 3.63) is 69.8 Å². The quantitative estimate of drug-likeness (QED) is 0.225. The molecule has 38 heavy (non-hydrogen) atoms. The molecule has 0 aromatic heterocycles. The van der Waals surface area contributed by atoms with E-state index in [0.29, 0.717) is 0 Å². The van der Waals surface area contributed by atoms with Gasteiger partial charge in [0.2, 0.25) is 0 Å². The molecule has 0 atom stereocenters. The van der Waals surface area contributed by atoms with Crippen LogP contribution in [0, 0.1) is 57.7 Å². The second kappa shape index (κ2) is 12.3. The molecule has 0 spiro atoms. The Morgan fingerprint density at radius 2 is 0.447 bits per heavy atom. The fourth-order valence-corrected chi connectivity index (χ4v) is 4.95. The van der Waals surface area contributed by atoms with Crippen LogP contribution in [0.2, 0.25) is 78.6 Å². The Morgan fingerprint density at radius 1 is 0.289 bits per heavy atom. The fourth-order valence-electron chi connectivity index (χ4n) is 2.87. The molecular weight excluding hydrogens is 521 g/mol. The molecule has 0 aliphatic carbocycles. The van der Waals surface area contributed by atoms with E-state index >= 15 is 0 Å². The van der Waals surface area contributed by atoms with Crippen molar-refractivity contribution in [3.8, 4) is 57.7 Å². The number of rotatable bonds is 0. The van der Waals surface area contributed by atoms with Gasteiger partial charge in [-0.15, -0.1) is 22.2 Å². The summed E-state index contributed by atoms with van der Waals surface area (Å²) in [5.41, 5.74) is 19.7. The van der Waals surface area contributed by atoms with Crippen LogP contribution in [0.4, 0.5) is 0 Å². The normalized spacial score (nSPS) is 11.2. The van der Waals surface area contributed by atoms with Gasteiger partial charge < -0.3 is 0 Å². The summed E-state index contributed by atoms with van der Waals surface area (Å²) in [5, 5.41) is 0. The van der Waals surface area contributed by atoms with Crippen LogP contribution in [0.1, 0.15) is 33.4 Å². The molecule has 0 bridgehead atoms. The third-order valence-electron chi connectivity index (χ3n) is 4.54. The molecule has 4 heteroatoms. The van der Waals surface area contributed by atoms with Crippen molar-refractivity contribution in [1.29, 1.82) is 0 Å². The van der Waals surface area contributed by atoms with Gasteiger partial charge in [0, 0.05) is 33.4 Å². The minimum absolute atomic E-state index is 0.931. The Bertz CT molecular complexity index is 1290. The predicted octanol–water partition coefficient (Wildman–Crippen LogP) is 8.00. The van der Waals surface area contributed by atoms with Gasteiger partial charge in [0.1, 0.15) is 32.3 Å². The second-order valence-corrected chi connectivity index (χ2v) is 32.8. The van der Waals surface area contributed by atoms with Crippen molar-refractivity contribution in [3.63, 3.8) is 0 Å². The molecular formula is C34H42Si4. The molecule has 2 aromatic rings. The molecule has 194 valence electrons. The van der Waals surface area contributed by atoms with Crippen molar-refractivity contribution in [2.45, 2.75) is 78.6 Å². The standard InChI is InChI=1S/C34H42Si4/c1-35(2,3)19-15-31-23-29(24-32(27-31)16-20-36(4,5)6)13-14-30-25-33(17-21-37(7,8)9)28-34(26-30)18-22-38(10,11)12/h23-28H,1-12H3. The minimum atomic E-state index is -1.50. The number of benzene rings is 2. The Morgan fingerprint density at radius 3 is 0.605 bits per heavy atom. The molecule has 0 radical (unpaired) electrons. The van der Waals surface area contributed by atoms with E-state index in [-0.39, 0.29) is 0 Å². The fraction of sp³-hybridized carbons (Fsp3) is 0.353. The minimum Gasteiger partial charge on any atom is -0.127 e. The van der Waals surface area contributed by atoms with Crippen LogP contribution in [0.5, 0.6) is 0 Å². The first-order chi connectivity index (χ1) is 17.3. The Hall–Kier alpha value is -2.89. The molecule has 0 saturated heterocycles. The third-order valence-corrected chi connectivity index (χ3v) is 8.04. The van der Waals surface area contributed by atoms with Gasteiger partial charge in [0.05, 0.1) is 0 Å². The van der Waals surface area contributed by atoms with E-state index in [9.17, 15) is 0 Å². The maximum absolute atomic E-state index is 3.48. The summed E-state index contributed by atoms with van der Waals surface area (Å²) in [4.78, 5) is 0. The van der Waals surface area contributed by atoms with Gasteiger partial charge in [-0.1, -0.05) is 114 Å². The summed E-state index contributed by atoms with van der Waals surface area (Å²) in [6.45, 7) is 27.1. The van der Waals surface area contributed by atoms with Gasteiger partial charge in [-0.2, -0.15) is 0 Å². The Balaban J connectivity index is 2.65. The molecule has 0 heterocycles. The van der Waals surface area contributed by atoms with Gasteiger partial charge in [0.15, 0.2) is 0 Å². The van der Waals surface area contributed by atoms with Crippen LogP contribution < -0.4 is 0 Å². The molecule has 2 aromatic carbocycles. The lowest BCUT2D eigenvalue weighted by atomic mass is 10.0. The summed E-state index contributed by atoms with van der Waals surface area (Å²) in [6, 6.07) is 12.5. The highest BCUT2D eigenvalue weighted by molar-refractivity contribution is 6.85. The van der Waals surface area contributed by atoms with Crippen molar-refractivity contribution in [2.24, 2.45) is 0 Å². The van der Waals surface area contributed by atoms with E-state index in [1.165, 1.54) is 0 Å². The predicted molar refractivity (Wildman–Crippen MR) is 180 cm³/mol. The average Bonchev–Trinajstić information content (AvgIpc) is 2.75. The average molecular weight is 563 g/mol. The van der Waals surface area contributed by atoms with Crippen molar-refractivity contribution in [1.82, 2.24) is 0 Å². The topological polar surface area (TPSA) is 0 Å². The van der Waals surface area contributed by atoms with Gasteiger partial charge in [-0.3, -0.25) is 0 Å². The molecule has 0 saturated carbocycles. The van der Waals surface area contributed by atoms with Crippen LogP contribution in [0.3, 0.4) is 0 Å². The SMILES string of the molecule is C[Si](C)(C)C#Cc1cc(C#Cc2cc(C#C[Si](C)(C)C)cc(C#C[Si](C)(C)C)c2)cc(C#C[Si](C)(C)C)c1. The van der Waals surface area contributed by atoms with E-state index in [4.69, 9.17) is 0 Å². The molecule has 0 nitrogen and oxygen atoms in total. The van der Waals surface area contributed by atoms with E-state index in [2.05, 4.69) is 173 Å². The van der Waals surface area contributed by atoms with E-state index in [1.54, 1.807) is 0 Å². The van der Waals surface area contributed by atoms with Gasteiger partial charge >= 0.3 is 0 Å². The third kappa shape index (κ3) is 13.6. The zero-order valence-corrected chi connectivity index (χ0v) is 29.5. The molecule has 0 aliphatic heterocycles. The van der Waals surface area contributed by atoms with Gasteiger partial charge in [-0.05, 0) is 36.4 Å². The molecule has 0 aliphatic rings. The summed E-state index contributed by atoms with van der Waals surface area (Å²) < 4.78 is 0. The summed E-state index contributed by atoms with van der Waals surface area (Å²) in [6.07, 6.45) is 0. The highest BCUT2D eigenvalue weighted by atomic mass is 28.3. The van der Waals surface area contributed by atoms with Crippen molar-refractivity contribution < 1.29 is 0 Å². The summed E-state index contributed by atoms with van der Waals surface area (Å²) >= 11 is 0. The smallest absolute Gasteiger partial charge is 0.127 e. The van der Waals surface area contributed by atoms with Crippen LogP contribution in [-0.2, 0) is 0 Å². The number of hydrogen-bond acceptors (Lipinski definition) is 0. The highest BCUT2D eigenvalue weighted by Gasteiger charge is 2.10. The van der Waals surface area contributed by atoms with Crippen molar-refractivity contribution >= 4 is 32.3 Å². The van der Waals surface area contributed by atoms with E-state index in [1.807, 2.05) is 0 Å². The Kier molecular flexibility index (Phi) is 10.1. The van der Waals surface area contributed by atoms with Crippen LogP contribution in [0.15, 0.2) is 36.4 Å². The van der Waals surface area contributed by atoms with Crippen LogP contribution in [-0.4, -0.2) is 32.3 Å². The van der Waals surface area contributed by atoms with Gasteiger partial charge in [0.25, 0.3) is 0 Å². The largest absolute Gasteiger partial charge is 0.129 e. The zero-order chi connectivity index (χ0) is 28.8. The number of hydrogen-bond donors (Lipinski definition) is 0. The van der Waals surface area contributed by atoms with E-state index < -0.39 is 32.3 Å². The van der Waals surface area contributed by atoms with Gasteiger partial charge in [-0.25, -0.2) is 0 Å². The van der Waals surface area contributed by atoms with Crippen LogP contribution in [0.25, 0.3) is 0 Å². The molecule has 0 amide bonds. The summed E-state index contributed by atoms with van der Waals surface area (Å²) in [5.74, 6) is 20.4. The molecule has 0 N–H and O–H groups in total. The zero-order valence-electron chi connectivity index (χ0n) is 25.5. The maximum Gasteiger partial charge on any atom is 0.129 e. The summed E-state index contributed by atoms with van der Waals surface area (Å²) in [7, 11) is -5.99. The van der Waals surface area contributed by atoms with Crippen molar-refractivity contribution in [2.75, 3.05) is 0 Å². The van der Waals surface area contributed by atoms with Crippen LogP contribution >= 0.6 is 0 Å². The lowest BCUT2D eigenvalue weighted by Gasteiger charge is -2.05. The lowest BCUT2D eigenvalue weighted by molar-refractivity contribution is 1.54. The monoisotopic (exact) mass is 562 g/mol. The molecule has 0 unspecified atom stereocenters.